The number of nitriles is 7. The quantitative estimate of drug-likeness (QED) is 0.149. The van der Waals surface area contributed by atoms with Crippen LogP contribution in [0.5, 0.6) is 0 Å². The molecule has 2 heterocycles. The van der Waals surface area contributed by atoms with Gasteiger partial charge in [-0.25, -0.2) is 0 Å². The summed E-state index contributed by atoms with van der Waals surface area (Å²) in [5.41, 5.74) is 2.72. The van der Waals surface area contributed by atoms with Crippen LogP contribution in [-0.2, 0) is 12.4 Å². The molecule has 0 saturated heterocycles. The van der Waals surface area contributed by atoms with E-state index in [1.165, 1.54) is 36.4 Å². The van der Waals surface area contributed by atoms with Crippen molar-refractivity contribution >= 4 is 43.6 Å². The molecule has 2 aromatic heterocycles. The van der Waals surface area contributed by atoms with Gasteiger partial charge >= 0.3 is 12.4 Å². The molecule has 0 bridgehead atoms. The molecule has 0 amide bonds. The van der Waals surface area contributed by atoms with Gasteiger partial charge in [-0.1, -0.05) is 72.8 Å². The number of aromatic nitrogens is 2. The number of nitrogens with zero attached hydrogens (tertiary/aromatic N) is 9. The van der Waals surface area contributed by atoms with Crippen LogP contribution in [0, 0.1) is 79.3 Å². The molecule has 0 N–H and O–H groups in total. The Balaban J connectivity index is 1.23. The van der Waals surface area contributed by atoms with Crippen molar-refractivity contribution in [2.24, 2.45) is 0 Å². The van der Waals surface area contributed by atoms with Crippen molar-refractivity contribution in [2.45, 2.75) is 12.4 Å². The first-order chi connectivity index (χ1) is 37.6. The average molecular weight is 1020 g/mol. The van der Waals surface area contributed by atoms with Crippen molar-refractivity contribution in [2.75, 3.05) is 0 Å². The van der Waals surface area contributed by atoms with E-state index >= 15 is 13.2 Å². The monoisotopic (exact) mass is 1020 g/mol. The van der Waals surface area contributed by atoms with Gasteiger partial charge in [-0.15, -0.1) is 0 Å². The van der Waals surface area contributed by atoms with Gasteiger partial charge in [-0.3, -0.25) is 0 Å². The number of halogens is 6. The van der Waals surface area contributed by atoms with Crippen LogP contribution >= 0.6 is 0 Å². The summed E-state index contributed by atoms with van der Waals surface area (Å²) in [4.78, 5) is 0. The molecule has 15 heteroatoms. The summed E-state index contributed by atoms with van der Waals surface area (Å²) in [6.45, 7) is 0. The summed E-state index contributed by atoms with van der Waals surface area (Å²) < 4.78 is 91.0. The van der Waals surface area contributed by atoms with Gasteiger partial charge in [0, 0.05) is 43.8 Å². The first-order valence-corrected chi connectivity index (χ1v) is 23.4. The van der Waals surface area contributed by atoms with Gasteiger partial charge in [-0.2, -0.15) is 63.2 Å². The van der Waals surface area contributed by atoms with Crippen LogP contribution in [-0.4, -0.2) is 9.13 Å². The molecular formula is C63H27F6N9. The third-order valence-electron chi connectivity index (χ3n) is 13.8. The Morgan fingerprint density at radius 3 is 1.17 bits per heavy atom. The fourth-order valence-electron chi connectivity index (χ4n) is 10.5. The first-order valence-electron chi connectivity index (χ1n) is 23.4. The minimum absolute atomic E-state index is 0.0726. The number of para-hydroxylation sites is 2. The molecule has 78 heavy (non-hydrogen) atoms. The van der Waals surface area contributed by atoms with Crippen LogP contribution in [0.2, 0.25) is 0 Å². The number of fused-ring (bicyclic) bond motifs is 6. The van der Waals surface area contributed by atoms with Gasteiger partial charge in [0.15, 0.2) is 0 Å². The third kappa shape index (κ3) is 7.92. The predicted molar refractivity (Wildman–Crippen MR) is 280 cm³/mol. The number of hydrogen-bond acceptors (Lipinski definition) is 7. The molecule has 0 atom stereocenters. The second-order valence-corrected chi connectivity index (χ2v) is 18.1. The van der Waals surface area contributed by atoms with Gasteiger partial charge < -0.3 is 9.13 Å². The molecule has 9 aromatic carbocycles. The van der Waals surface area contributed by atoms with E-state index < -0.39 is 29.0 Å². The van der Waals surface area contributed by atoms with Crippen LogP contribution in [0.4, 0.5) is 26.3 Å². The van der Waals surface area contributed by atoms with Crippen molar-refractivity contribution in [1.82, 2.24) is 9.13 Å². The maximum absolute atomic E-state index is 15.0. The minimum atomic E-state index is -5.22. The van der Waals surface area contributed by atoms with Gasteiger partial charge in [0.1, 0.15) is 0 Å². The topological polar surface area (TPSA) is 176 Å². The fourth-order valence-corrected chi connectivity index (χ4v) is 10.5. The van der Waals surface area contributed by atoms with Crippen LogP contribution in [0.3, 0.4) is 0 Å². The summed E-state index contributed by atoms with van der Waals surface area (Å²) >= 11 is 0. The van der Waals surface area contributed by atoms with E-state index in [-0.39, 0.29) is 61.8 Å². The fraction of sp³-hybridized carbons (Fsp3) is 0.0317. The number of rotatable bonds is 6. The summed E-state index contributed by atoms with van der Waals surface area (Å²) in [6.07, 6.45) is -10.3. The average Bonchev–Trinajstić information content (AvgIpc) is 4.21. The SMILES string of the molecule is N#Cc1cc(C#N)c(-c2ccc3c(c2)c2ccccc2n3-c2cc(C#N)ccc2-c2ccc(-c3ccc(C(F)(F)F)cc3C(F)(F)F)cc2-n2c3ccccc3c3cc(-c4c(C#N)cc(C#N)cc4C#N)ccc32)c(C#N)c1. The highest BCUT2D eigenvalue weighted by molar-refractivity contribution is 6.13. The summed E-state index contributed by atoms with van der Waals surface area (Å²) in [5.74, 6) is 0. The lowest BCUT2D eigenvalue weighted by atomic mass is 9.92. The van der Waals surface area contributed by atoms with E-state index in [1.807, 2.05) is 57.7 Å². The van der Waals surface area contributed by atoms with Crippen LogP contribution in [0.1, 0.15) is 50.1 Å². The van der Waals surface area contributed by atoms with E-state index in [0.29, 0.717) is 77.8 Å². The van der Waals surface area contributed by atoms with E-state index in [1.54, 1.807) is 72.8 Å². The van der Waals surface area contributed by atoms with Crippen molar-refractivity contribution < 1.29 is 26.3 Å². The molecule has 0 radical (unpaired) electrons. The maximum Gasteiger partial charge on any atom is 0.417 e. The zero-order chi connectivity index (χ0) is 54.8. The molecule has 9 nitrogen and oxygen atoms in total. The number of alkyl halides is 6. The van der Waals surface area contributed by atoms with Crippen LogP contribution in [0.15, 0.2) is 164 Å². The predicted octanol–water partition coefficient (Wildman–Crippen LogP) is 15.7. The first kappa shape index (κ1) is 48.8. The van der Waals surface area contributed by atoms with Gasteiger partial charge in [-0.05, 0) is 113 Å². The van der Waals surface area contributed by atoms with Crippen molar-refractivity contribution in [3.63, 3.8) is 0 Å². The second-order valence-electron chi connectivity index (χ2n) is 18.1. The molecular weight excluding hydrogens is 997 g/mol. The number of benzene rings is 9. The second kappa shape index (κ2) is 18.5. The number of hydrogen-bond donors (Lipinski definition) is 0. The van der Waals surface area contributed by atoms with E-state index in [9.17, 15) is 50.0 Å². The zero-order valence-electron chi connectivity index (χ0n) is 39.9. The Hall–Kier alpha value is -11.4. The molecule has 0 aliphatic heterocycles. The lowest BCUT2D eigenvalue weighted by molar-refractivity contribution is -0.142. The van der Waals surface area contributed by atoms with E-state index in [2.05, 4.69) is 30.3 Å². The third-order valence-corrected chi connectivity index (χ3v) is 13.8. The Labute approximate surface area is 438 Å². The van der Waals surface area contributed by atoms with Crippen LogP contribution in [0.25, 0.3) is 99.5 Å². The zero-order valence-corrected chi connectivity index (χ0v) is 39.9. The minimum Gasteiger partial charge on any atom is -0.309 e. The Kier molecular flexibility index (Phi) is 11.6. The normalized spacial score (nSPS) is 11.4. The molecule has 11 rings (SSSR count). The molecule has 0 spiro atoms. The standard InChI is InChI=1S/C63H27F6N9/c64-62(65,66)45-13-16-46(53(27-45)63(67,68)69)38-10-15-50(59(26-38)78-55-8-4-2-6-48(55)52-25-40(12-18-57(52)78)61-43(33-75)21-37(30-72)22-44(61)34-76)49-14-9-35(28-70)23-58(49)77-54-7-3-1-5-47(54)51-24-39(11-17-56(51)77)60-41(31-73)19-36(29-71)20-42(60)32-74/h1-27H. The lowest BCUT2D eigenvalue weighted by Gasteiger charge is -2.21. The molecule has 11 aromatic rings. The summed E-state index contributed by atoms with van der Waals surface area (Å²) in [5, 5.41) is 73.3. The Bertz CT molecular complexity index is 4690. The molecule has 0 saturated carbocycles. The molecule has 0 aliphatic rings. The highest BCUT2D eigenvalue weighted by atomic mass is 19.4. The molecule has 0 unspecified atom stereocenters. The van der Waals surface area contributed by atoms with Crippen molar-refractivity contribution in [3.05, 3.63) is 214 Å². The van der Waals surface area contributed by atoms with E-state index in [4.69, 9.17) is 0 Å². The van der Waals surface area contributed by atoms with Crippen LogP contribution < -0.4 is 0 Å². The van der Waals surface area contributed by atoms with Gasteiger partial charge in [0.2, 0.25) is 0 Å². The highest BCUT2D eigenvalue weighted by Gasteiger charge is 2.39. The largest absolute Gasteiger partial charge is 0.417 e. The lowest BCUT2D eigenvalue weighted by Crippen LogP contribution is -2.12. The molecule has 366 valence electrons. The van der Waals surface area contributed by atoms with Gasteiger partial charge in [0.25, 0.3) is 0 Å². The molecule has 0 fully saturated rings. The van der Waals surface area contributed by atoms with Crippen molar-refractivity contribution in [3.8, 4) is 98.4 Å². The maximum atomic E-state index is 15.0. The van der Waals surface area contributed by atoms with Gasteiger partial charge in [0.05, 0.1) is 126 Å². The summed E-state index contributed by atoms with van der Waals surface area (Å²) in [7, 11) is 0. The highest BCUT2D eigenvalue weighted by Crippen LogP contribution is 2.47. The van der Waals surface area contributed by atoms with Crippen molar-refractivity contribution in [1.29, 1.82) is 36.8 Å². The van der Waals surface area contributed by atoms with E-state index in [0.717, 1.165) is 11.5 Å². The Morgan fingerprint density at radius 2 is 0.731 bits per heavy atom. The Morgan fingerprint density at radius 1 is 0.321 bits per heavy atom. The smallest absolute Gasteiger partial charge is 0.309 e. The summed E-state index contributed by atoms with van der Waals surface area (Å²) in [6, 6.07) is 56.3. The molecule has 0 aliphatic carbocycles.